The fourth-order valence-electron chi connectivity index (χ4n) is 2.06. The molecule has 0 amide bonds. The van der Waals surface area contributed by atoms with Gasteiger partial charge in [-0.3, -0.25) is 4.98 Å². The van der Waals surface area contributed by atoms with E-state index in [1.165, 1.54) is 22.9 Å². The van der Waals surface area contributed by atoms with Crippen LogP contribution in [0.3, 0.4) is 0 Å². The first kappa shape index (κ1) is 12.4. The van der Waals surface area contributed by atoms with Gasteiger partial charge in [0.1, 0.15) is 0 Å². The molecule has 0 saturated carbocycles. The highest BCUT2D eigenvalue weighted by atomic mass is 32.2. The lowest BCUT2D eigenvalue weighted by molar-refractivity contribution is 0.257. The number of nitrogens with zero attached hydrogens (tertiary/aromatic N) is 3. The van der Waals surface area contributed by atoms with Crippen LogP contribution >= 0.6 is 0 Å². The van der Waals surface area contributed by atoms with E-state index in [0.717, 1.165) is 19.3 Å². The number of aromatic nitrogens is 2. The molecule has 0 aliphatic carbocycles. The first-order valence-electron chi connectivity index (χ1n) is 5.64. The molecule has 1 fully saturated rings. The number of hydrogen-bond acceptors (Lipinski definition) is 5. The van der Waals surface area contributed by atoms with Crippen LogP contribution in [0.4, 0.5) is 0 Å². The summed E-state index contributed by atoms with van der Waals surface area (Å²) in [5, 5.41) is 0.000324. The smallest absolute Gasteiger partial charge is 0.262 e. The van der Waals surface area contributed by atoms with Crippen molar-refractivity contribution in [3.05, 3.63) is 18.6 Å². The van der Waals surface area contributed by atoms with Crippen molar-refractivity contribution in [1.82, 2.24) is 14.3 Å². The minimum absolute atomic E-state index is 0.000324. The second-order valence-electron chi connectivity index (χ2n) is 4.04. The van der Waals surface area contributed by atoms with Crippen molar-refractivity contribution in [2.45, 2.75) is 30.3 Å². The maximum atomic E-state index is 12.3. The molecule has 1 aromatic heterocycles. The van der Waals surface area contributed by atoms with Gasteiger partial charge in [0.25, 0.3) is 10.0 Å². The fourth-order valence-corrected chi connectivity index (χ4v) is 3.65. The van der Waals surface area contributed by atoms with Gasteiger partial charge in [0.05, 0.1) is 6.20 Å². The van der Waals surface area contributed by atoms with Gasteiger partial charge in [0.2, 0.25) is 0 Å². The SMILES string of the molecule is NCC1CCCCN1S(=O)(=O)c1cnccn1. The van der Waals surface area contributed by atoms with Crippen LogP contribution in [0.2, 0.25) is 0 Å². The molecule has 0 spiro atoms. The molecular formula is C10H16N4O2S. The molecule has 1 aliphatic heterocycles. The maximum absolute atomic E-state index is 12.3. The molecule has 6 nitrogen and oxygen atoms in total. The molecule has 2 N–H and O–H groups in total. The number of rotatable bonds is 3. The molecule has 2 rings (SSSR count). The topological polar surface area (TPSA) is 89.2 Å². The van der Waals surface area contributed by atoms with Crippen LogP contribution < -0.4 is 5.73 Å². The Labute approximate surface area is 101 Å². The van der Waals surface area contributed by atoms with E-state index >= 15 is 0 Å². The van der Waals surface area contributed by atoms with Crippen molar-refractivity contribution in [3.63, 3.8) is 0 Å². The first-order valence-corrected chi connectivity index (χ1v) is 7.08. The quantitative estimate of drug-likeness (QED) is 0.821. The Hall–Kier alpha value is -1.05. The van der Waals surface area contributed by atoms with E-state index in [4.69, 9.17) is 5.73 Å². The van der Waals surface area contributed by atoms with Gasteiger partial charge in [-0.15, -0.1) is 0 Å². The minimum atomic E-state index is -3.54. The van der Waals surface area contributed by atoms with Crippen molar-refractivity contribution in [3.8, 4) is 0 Å². The monoisotopic (exact) mass is 256 g/mol. The third-order valence-electron chi connectivity index (χ3n) is 2.96. The van der Waals surface area contributed by atoms with Gasteiger partial charge in [-0.1, -0.05) is 6.42 Å². The highest BCUT2D eigenvalue weighted by molar-refractivity contribution is 7.89. The Morgan fingerprint density at radius 2 is 2.24 bits per heavy atom. The Balaban J connectivity index is 2.31. The van der Waals surface area contributed by atoms with E-state index in [1.54, 1.807) is 0 Å². The van der Waals surface area contributed by atoms with Crippen LogP contribution in [0.15, 0.2) is 23.6 Å². The lowest BCUT2D eigenvalue weighted by Gasteiger charge is -2.33. The third kappa shape index (κ3) is 2.46. The summed E-state index contributed by atoms with van der Waals surface area (Å²) < 4.78 is 26.1. The molecule has 1 aliphatic rings. The fraction of sp³-hybridized carbons (Fsp3) is 0.600. The molecule has 1 aromatic rings. The zero-order valence-electron chi connectivity index (χ0n) is 9.49. The Morgan fingerprint density at radius 3 is 2.88 bits per heavy atom. The summed E-state index contributed by atoms with van der Waals surface area (Å²) in [6, 6.07) is -0.115. The van der Waals surface area contributed by atoms with Gasteiger partial charge in [0, 0.05) is 31.5 Å². The molecule has 94 valence electrons. The Morgan fingerprint density at radius 1 is 1.41 bits per heavy atom. The van der Waals surface area contributed by atoms with Crippen molar-refractivity contribution >= 4 is 10.0 Å². The van der Waals surface area contributed by atoms with Crippen molar-refractivity contribution < 1.29 is 8.42 Å². The average molecular weight is 256 g/mol. The zero-order chi connectivity index (χ0) is 12.3. The number of hydrogen-bond donors (Lipinski definition) is 1. The van der Waals surface area contributed by atoms with Crippen molar-refractivity contribution in [2.75, 3.05) is 13.1 Å². The molecule has 1 atom stereocenters. The Bertz CT molecular complexity index is 462. The van der Waals surface area contributed by atoms with Gasteiger partial charge in [-0.2, -0.15) is 4.31 Å². The van der Waals surface area contributed by atoms with Gasteiger partial charge < -0.3 is 5.73 Å². The maximum Gasteiger partial charge on any atom is 0.262 e. The lowest BCUT2D eigenvalue weighted by atomic mass is 10.1. The predicted octanol–water partition coefficient (Wildman–Crippen LogP) is -0.0215. The summed E-state index contributed by atoms with van der Waals surface area (Å²) in [4.78, 5) is 7.66. The van der Waals surface area contributed by atoms with E-state index in [9.17, 15) is 8.42 Å². The van der Waals surface area contributed by atoms with E-state index in [2.05, 4.69) is 9.97 Å². The first-order chi connectivity index (χ1) is 8.16. The number of sulfonamides is 1. The van der Waals surface area contributed by atoms with Crippen LogP contribution in [0.25, 0.3) is 0 Å². The van der Waals surface area contributed by atoms with Crippen LogP contribution in [-0.2, 0) is 10.0 Å². The van der Waals surface area contributed by atoms with E-state index < -0.39 is 10.0 Å². The predicted molar refractivity (Wildman–Crippen MR) is 62.6 cm³/mol. The molecule has 7 heteroatoms. The normalized spacial score (nSPS) is 22.5. The highest BCUT2D eigenvalue weighted by Gasteiger charge is 2.33. The summed E-state index contributed by atoms with van der Waals surface area (Å²) in [7, 11) is -3.54. The molecule has 0 radical (unpaired) electrons. The van der Waals surface area contributed by atoms with Crippen LogP contribution in [0.1, 0.15) is 19.3 Å². The van der Waals surface area contributed by atoms with Gasteiger partial charge in [0.15, 0.2) is 5.03 Å². The van der Waals surface area contributed by atoms with E-state index in [0.29, 0.717) is 13.1 Å². The summed E-state index contributed by atoms with van der Waals surface area (Å²) >= 11 is 0. The molecule has 0 bridgehead atoms. The van der Waals surface area contributed by atoms with Crippen LogP contribution in [0.5, 0.6) is 0 Å². The van der Waals surface area contributed by atoms with Crippen molar-refractivity contribution in [2.24, 2.45) is 5.73 Å². The molecule has 0 aromatic carbocycles. The largest absolute Gasteiger partial charge is 0.329 e. The minimum Gasteiger partial charge on any atom is -0.329 e. The van der Waals surface area contributed by atoms with Crippen LogP contribution in [0, 0.1) is 0 Å². The van der Waals surface area contributed by atoms with Crippen LogP contribution in [-0.4, -0.2) is 41.8 Å². The summed E-state index contributed by atoms with van der Waals surface area (Å²) in [6.07, 6.45) is 6.82. The second kappa shape index (κ2) is 5.07. The van der Waals surface area contributed by atoms with Gasteiger partial charge >= 0.3 is 0 Å². The van der Waals surface area contributed by atoms with Crippen molar-refractivity contribution in [1.29, 1.82) is 0 Å². The molecule has 1 saturated heterocycles. The standard InChI is InChI=1S/C10H16N4O2S/c11-7-9-3-1-2-6-14(9)17(15,16)10-8-12-4-5-13-10/h4-5,8-9H,1-3,6-7,11H2. The molecule has 1 unspecified atom stereocenters. The third-order valence-corrected chi connectivity index (χ3v) is 4.80. The molecular weight excluding hydrogens is 240 g/mol. The summed E-state index contributed by atoms with van der Waals surface area (Å²) in [5.41, 5.74) is 5.63. The second-order valence-corrected chi connectivity index (χ2v) is 5.88. The van der Waals surface area contributed by atoms with E-state index in [1.807, 2.05) is 0 Å². The average Bonchev–Trinajstić information content (AvgIpc) is 2.39. The zero-order valence-corrected chi connectivity index (χ0v) is 10.3. The number of nitrogens with two attached hydrogens (primary N) is 1. The summed E-state index contributed by atoms with van der Waals surface area (Å²) in [5.74, 6) is 0. The Kier molecular flexibility index (Phi) is 3.70. The van der Waals surface area contributed by atoms with Gasteiger partial charge in [-0.25, -0.2) is 13.4 Å². The lowest BCUT2D eigenvalue weighted by Crippen LogP contribution is -2.47. The number of piperidine rings is 1. The van der Waals surface area contributed by atoms with Gasteiger partial charge in [-0.05, 0) is 12.8 Å². The molecule has 17 heavy (non-hydrogen) atoms. The summed E-state index contributed by atoms with van der Waals surface area (Å²) in [6.45, 7) is 0.861. The molecule has 2 heterocycles. The van der Waals surface area contributed by atoms with E-state index in [-0.39, 0.29) is 11.1 Å². The highest BCUT2D eigenvalue weighted by Crippen LogP contribution is 2.23.